The van der Waals surface area contributed by atoms with Gasteiger partial charge in [0.2, 0.25) is 0 Å². The maximum atomic E-state index is 12.5. The summed E-state index contributed by atoms with van der Waals surface area (Å²) < 4.78 is 9.76. The number of anilines is 1. The predicted molar refractivity (Wildman–Crippen MR) is 90.9 cm³/mol. The van der Waals surface area contributed by atoms with Crippen LogP contribution >= 0.6 is 0 Å². The molecule has 6 nitrogen and oxygen atoms in total. The standard InChI is InChI=1S/C18H20N2O4/c1-10(2)15-13(17(21)23-3)12(11-8-6-5-7-9-11)14(16(19)20-15)18(22)24-4/h5-10H,1-4H3,(H2,19,20). The Morgan fingerprint density at radius 2 is 1.54 bits per heavy atom. The highest BCUT2D eigenvalue weighted by molar-refractivity contribution is 6.09. The molecule has 1 aromatic heterocycles. The second kappa shape index (κ2) is 7.12. The van der Waals surface area contributed by atoms with Gasteiger partial charge in [0.05, 0.1) is 25.5 Å². The van der Waals surface area contributed by atoms with Gasteiger partial charge in [-0.1, -0.05) is 44.2 Å². The van der Waals surface area contributed by atoms with E-state index in [2.05, 4.69) is 4.98 Å². The van der Waals surface area contributed by atoms with Crippen molar-refractivity contribution >= 4 is 17.8 Å². The van der Waals surface area contributed by atoms with Crippen molar-refractivity contribution in [3.8, 4) is 11.1 Å². The van der Waals surface area contributed by atoms with Crippen LogP contribution in [0.25, 0.3) is 11.1 Å². The highest BCUT2D eigenvalue weighted by atomic mass is 16.5. The van der Waals surface area contributed by atoms with Crippen LogP contribution < -0.4 is 5.73 Å². The first-order valence-corrected chi connectivity index (χ1v) is 7.47. The number of carbonyl (C=O) groups excluding carboxylic acids is 2. The fourth-order valence-corrected chi connectivity index (χ4v) is 2.55. The Labute approximate surface area is 140 Å². The zero-order valence-corrected chi connectivity index (χ0v) is 14.1. The number of rotatable bonds is 4. The van der Waals surface area contributed by atoms with Crippen LogP contribution in [0.1, 0.15) is 46.2 Å². The average molecular weight is 328 g/mol. The number of nitrogens with two attached hydrogens (primary N) is 1. The van der Waals surface area contributed by atoms with E-state index in [1.54, 1.807) is 12.1 Å². The summed E-state index contributed by atoms with van der Waals surface area (Å²) in [6.45, 7) is 3.78. The fourth-order valence-electron chi connectivity index (χ4n) is 2.55. The maximum Gasteiger partial charge on any atom is 0.342 e. The SMILES string of the molecule is COC(=O)c1c(N)nc(C(C)C)c(C(=O)OC)c1-c1ccccc1. The first-order valence-electron chi connectivity index (χ1n) is 7.47. The van der Waals surface area contributed by atoms with Crippen LogP contribution in [-0.2, 0) is 9.47 Å². The Morgan fingerprint density at radius 3 is 2.04 bits per heavy atom. The molecule has 0 fully saturated rings. The Balaban J connectivity index is 2.98. The van der Waals surface area contributed by atoms with E-state index in [4.69, 9.17) is 15.2 Å². The lowest BCUT2D eigenvalue weighted by atomic mass is 9.90. The lowest BCUT2D eigenvalue weighted by Gasteiger charge is -2.19. The van der Waals surface area contributed by atoms with Crippen LogP contribution in [0.4, 0.5) is 5.82 Å². The molecule has 1 aromatic carbocycles. The molecule has 0 aliphatic heterocycles. The molecular formula is C18H20N2O4. The minimum absolute atomic E-state index is 0.0251. The van der Waals surface area contributed by atoms with Crippen molar-refractivity contribution in [3.05, 3.63) is 47.2 Å². The van der Waals surface area contributed by atoms with E-state index in [1.807, 2.05) is 32.0 Å². The second-order valence-corrected chi connectivity index (χ2v) is 5.51. The monoisotopic (exact) mass is 328 g/mol. The van der Waals surface area contributed by atoms with Gasteiger partial charge in [-0.15, -0.1) is 0 Å². The number of hydrogen-bond acceptors (Lipinski definition) is 6. The molecule has 2 aromatic rings. The number of hydrogen-bond donors (Lipinski definition) is 1. The van der Waals surface area contributed by atoms with Crippen molar-refractivity contribution in [2.24, 2.45) is 0 Å². The summed E-state index contributed by atoms with van der Waals surface area (Å²) in [4.78, 5) is 29.0. The van der Waals surface area contributed by atoms with E-state index in [0.717, 1.165) is 0 Å². The van der Waals surface area contributed by atoms with Gasteiger partial charge in [0.15, 0.2) is 0 Å². The minimum atomic E-state index is -0.653. The second-order valence-electron chi connectivity index (χ2n) is 5.51. The topological polar surface area (TPSA) is 91.5 Å². The van der Waals surface area contributed by atoms with E-state index in [9.17, 15) is 9.59 Å². The zero-order valence-electron chi connectivity index (χ0n) is 14.1. The molecule has 0 unspecified atom stereocenters. The summed E-state index contributed by atoms with van der Waals surface area (Å²) in [6, 6.07) is 9.04. The Morgan fingerprint density at radius 1 is 1.00 bits per heavy atom. The maximum absolute atomic E-state index is 12.5. The van der Waals surface area contributed by atoms with Crippen molar-refractivity contribution in [1.82, 2.24) is 4.98 Å². The molecule has 0 amide bonds. The molecule has 0 bridgehead atoms. The normalized spacial score (nSPS) is 10.5. The Bertz CT molecular complexity index is 770. The van der Waals surface area contributed by atoms with E-state index in [-0.39, 0.29) is 22.9 Å². The number of methoxy groups -OCH3 is 2. The summed E-state index contributed by atoms with van der Waals surface area (Å²) in [7, 11) is 2.54. The van der Waals surface area contributed by atoms with E-state index >= 15 is 0 Å². The van der Waals surface area contributed by atoms with E-state index in [0.29, 0.717) is 16.8 Å². The van der Waals surface area contributed by atoms with Crippen LogP contribution in [0.3, 0.4) is 0 Å². The molecule has 1 heterocycles. The minimum Gasteiger partial charge on any atom is -0.465 e. The molecule has 2 N–H and O–H groups in total. The fraction of sp³-hybridized carbons (Fsp3) is 0.278. The smallest absolute Gasteiger partial charge is 0.342 e. The first-order chi connectivity index (χ1) is 11.4. The van der Waals surface area contributed by atoms with Gasteiger partial charge in [-0.25, -0.2) is 14.6 Å². The number of benzene rings is 1. The Hall–Kier alpha value is -2.89. The van der Waals surface area contributed by atoms with Crippen LogP contribution in [0.15, 0.2) is 30.3 Å². The summed E-state index contributed by atoms with van der Waals surface area (Å²) in [5, 5.41) is 0. The van der Waals surface area contributed by atoms with Crippen molar-refractivity contribution in [3.63, 3.8) is 0 Å². The molecule has 24 heavy (non-hydrogen) atoms. The average Bonchev–Trinajstić information content (AvgIpc) is 2.60. The van der Waals surface area contributed by atoms with Crippen LogP contribution in [0.5, 0.6) is 0 Å². The third-order valence-electron chi connectivity index (χ3n) is 3.64. The molecule has 2 rings (SSSR count). The van der Waals surface area contributed by atoms with Crippen LogP contribution in [0.2, 0.25) is 0 Å². The molecule has 0 spiro atoms. The van der Waals surface area contributed by atoms with E-state index in [1.165, 1.54) is 14.2 Å². The lowest BCUT2D eigenvalue weighted by Crippen LogP contribution is -2.18. The van der Waals surface area contributed by atoms with Crippen LogP contribution in [0, 0.1) is 0 Å². The lowest BCUT2D eigenvalue weighted by molar-refractivity contribution is 0.0599. The highest BCUT2D eigenvalue weighted by Gasteiger charge is 2.29. The number of nitrogen functional groups attached to an aromatic ring is 1. The molecule has 0 saturated carbocycles. The number of ether oxygens (including phenoxy) is 2. The van der Waals surface area contributed by atoms with Gasteiger partial charge in [-0.2, -0.15) is 0 Å². The number of aromatic nitrogens is 1. The number of esters is 2. The molecule has 0 saturated heterocycles. The molecule has 0 aliphatic rings. The zero-order chi connectivity index (χ0) is 17.9. The third-order valence-corrected chi connectivity index (χ3v) is 3.64. The van der Waals surface area contributed by atoms with Gasteiger partial charge in [0.1, 0.15) is 11.4 Å². The van der Waals surface area contributed by atoms with Crippen LogP contribution in [-0.4, -0.2) is 31.1 Å². The summed E-state index contributed by atoms with van der Waals surface area (Å²) in [6.07, 6.45) is 0. The number of carbonyl (C=O) groups is 2. The molecular weight excluding hydrogens is 308 g/mol. The van der Waals surface area contributed by atoms with Gasteiger partial charge in [-0.3, -0.25) is 0 Å². The van der Waals surface area contributed by atoms with Crippen molar-refractivity contribution in [2.45, 2.75) is 19.8 Å². The number of nitrogens with zero attached hydrogens (tertiary/aromatic N) is 1. The highest BCUT2D eigenvalue weighted by Crippen LogP contribution is 2.35. The van der Waals surface area contributed by atoms with E-state index < -0.39 is 11.9 Å². The molecule has 0 radical (unpaired) electrons. The van der Waals surface area contributed by atoms with Crippen molar-refractivity contribution < 1.29 is 19.1 Å². The van der Waals surface area contributed by atoms with Gasteiger partial charge in [0, 0.05) is 5.56 Å². The molecule has 6 heteroatoms. The molecule has 0 atom stereocenters. The van der Waals surface area contributed by atoms with Gasteiger partial charge < -0.3 is 15.2 Å². The number of pyridine rings is 1. The quantitative estimate of drug-likeness (QED) is 0.867. The summed E-state index contributed by atoms with van der Waals surface area (Å²) in [5.41, 5.74) is 7.83. The van der Waals surface area contributed by atoms with Crippen molar-refractivity contribution in [2.75, 3.05) is 20.0 Å². The Kier molecular flexibility index (Phi) is 5.18. The summed E-state index contributed by atoms with van der Waals surface area (Å²) >= 11 is 0. The van der Waals surface area contributed by atoms with Gasteiger partial charge in [0.25, 0.3) is 0 Å². The first kappa shape index (κ1) is 17.5. The molecule has 0 aliphatic carbocycles. The summed E-state index contributed by atoms with van der Waals surface area (Å²) in [5.74, 6) is -1.29. The van der Waals surface area contributed by atoms with Crippen molar-refractivity contribution in [1.29, 1.82) is 0 Å². The predicted octanol–water partition coefficient (Wildman–Crippen LogP) is 3.03. The van der Waals surface area contributed by atoms with Gasteiger partial charge in [-0.05, 0) is 11.5 Å². The molecule has 126 valence electrons. The third kappa shape index (κ3) is 3.08. The largest absolute Gasteiger partial charge is 0.465 e. The van der Waals surface area contributed by atoms with Gasteiger partial charge >= 0.3 is 11.9 Å².